The van der Waals surface area contributed by atoms with Gasteiger partial charge in [0.1, 0.15) is 5.82 Å². The van der Waals surface area contributed by atoms with Crippen LogP contribution in [0.3, 0.4) is 0 Å². The molecular formula is C10H10N4O2. The molecule has 0 saturated carbocycles. The molecule has 0 aliphatic rings. The maximum Gasteiger partial charge on any atom is 0.328 e. The van der Waals surface area contributed by atoms with Gasteiger partial charge in [0.05, 0.1) is 6.54 Å². The van der Waals surface area contributed by atoms with Crippen LogP contribution in [0.2, 0.25) is 0 Å². The van der Waals surface area contributed by atoms with Gasteiger partial charge >= 0.3 is 5.69 Å². The first-order valence-electron chi connectivity index (χ1n) is 4.66. The van der Waals surface area contributed by atoms with Crippen LogP contribution in [0.25, 0.3) is 0 Å². The molecule has 16 heavy (non-hydrogen) atoms. The smallest absolute Gasteiger partial charge is 0.328 e. The zero-order chi connectivity index (χ0) is 11.5. The fourth-order valence-electron chi connectivity index (χ4n) is 1.34. The average Bonchev–Trinajstić information content (AvgIpc) is 2.25. The second-order valence-corrected chi connectivity index (χ2v) is 3.29. The molecule has 0 aromatic carbocycles. The summed E-state index contributed by atoms with van der Waals surface area (Å²) in [4.78, 5) is 28.3. The quantitative estimate of drug-likeness (QED) is 0.714. The summed E-state index contributed by atoms with van der Waals surface area (Å²) in [6, 6.07) is 4.80. The van der Waals surface area contributed by atoms with E-state index in [4.69, 9.17) is 5.73 Å². The zero-order valence-electron chi connectivity index (χ0n) is 8.38. The molecular weight excluding hydrogens is 208 g/mol. The Hall–Kier alpha value is -2.37. The summed E-state index contributed by atoms with van der Waals surface area (Å²) in [5, 5.41) is 0. The predicted octanol–water partition coefficient (Wildman–Crippen LogP) is -0.438. The number of H-pyrrole nitrogens is 1. The first kappa shape index (κ1) is 10.2. The van der Waals surface area contributed by atoms with Crippen molar-refractivity contribution in [1.29, 1.82) is 0 Å². The van der Waals surface area contributed by atoms with E-state index < -0.39 is 11.2 Å². The van der Waals surface area contributed by atoms with Crippen molar-refractivity contribution in [2.75, 3.05) is 5.73 Å². The highest BCUT2D eigenvalue weighted by atomic mass is 16.2. The highest BCUT2D eigenvalue weighted by Crippen LogP contribution is 2.07. The minimum Gasteiger partial charge on any atom is -0.383 e. The number of nitrogens with one attached hydrogen (secondary N) is 1. The first-order chi connectivity index (χ1) is 7.66. The van der Waals surface area contributed by atoms with E-state index in [9.17, 15) is 9.59 Å². The molecule has 2 rings (SSSR count). The lowest BCUT2D eigenvalue weighted by atomic mass is 10.2. The Balaban J connectivity index is 2.38. The number of nitrogen functional groups attached to an aromatic ring is 1. The molecule has 0 atom stereocenters. The van der Waals surface area contributed by atoms with E-state index in [1.807, 2.05) is 0 Å². The summed E-state index contributed by atoms with van der Waals surface area (Å²) in [6.45, 7) is 0.287. The van der Waals surface area contributed by atoms with Crippen LogP contribution in [0.15, 0.2) is 40.2 Å². The Kier molecular flexibility index (Phi) is 2.55. The molecule has 0 bridgehead atoms. The van der Waals surface area contributed by atoms with Crippen molar-refractivity contribution in [3.8, 4) is 0 Å². The summed E-state index contributed by atoms with van der Waals surface area (Å²) >= 11 is 0. The zero-order valence-corrected chi connectivity index (χ0v) is 8.38. The Morgan fingerprint density at radius 3 is 2.88 bits per heavy atom. The van der Waals surface area contributed by atoms with Gasteiger partial charge in [-0.15, -0.1) is 0 Å². The van der Waals surface area contributed by atoms with Gasteiger partial charge in [0.25, 0.3) is 5.56 Å². The van der Waals surface area contributed by atoms with E-state index in [-0.39, 0.29) is 6.54 Å². The molecule has 2 heterocycles. The molecule has 6 heteroatoms. The second-order valence-electron chi connectivity index (χ2n) is 3.29. The maximum absolute atomic E-state index is 11.4. The van der Waals surface area contributed by atoms with Gasteiger partial charge < -0.3 is 5.73 Å². The summed E-state index contributed by atoms with van der Waals surface area (Å²) in [7, 11) is 0. The molecule has 0 spiro atoms. The van der Waals surface area contributed by atoms with Crippen molar-refractivity contribution < 1.29 is 0 Å². The Morgan fingerprint density at radius 2 is 2.19 bits per heavy atom. The fourth-order valence-corrected chi connectivity index (χ4v) is 1.34. The van der Waals surface area contributed by atoms with Crippen molar-refractivity contribution in [3.05, 3.63) is 57.0 Å². The van der Waals surface area contributed by atoms with E-state index in [1.165, 1.54) is 16.8 Å². The molecule has 0 unspecified atom stereocenters. The number of hydrogen-bond donors (Lipinski definition) is 2. The molecule has 2 aromatic rings. The van der Waals surface area contributed by atoms with E-state index in [0.717, 1.165) is 5.56 Å². The normalized spacial score (nSPS) is 10.2. The van der Waals surface area contributed by atoms with Crippen molar-refractivity contribution in [2.45, 2.75) is 6.54 Å². The third kappa shape index (κ3) is 2.00. The molecule has 0 saturated heterocycles. The average molecular weight is 218 g/mol. The fraction of sp³-hybridized carbons (Fsp3) is 0.100. The van der Waals surface area contributed by atoms with Crippen LogP contribution in [-0.4, -0.2) is 14.5 Å². The number of hydrogen-bond acceptors (Lipinski definition) is 4. The lowest BCUT2D eigenvalue weighted by molar-refractivity contribution is 0.720. The third-order valence-corrected chi connectivity index (χ3v) is 2.16. The number of rotatable bonds is 2. The lowest BCUT2D eigenvalue weighted by Gasteiger charge is -2.06. The molecule has 82 valence electrons. The Bertz CT molecular complexity index is 614. The van der Waals surface area contributed by atoms with Gasteiger partial charge in [-0.2, -0.15) is 0 Å². The van der Waals surface area contributed by atoms with E-state index >= 15 is 0 Å². The van der Waals surface area contributed by atoms with Gasteiger partial charge in [-0.05, 0) is 6.07 Å². The number of nitrogens with zero attached hydrogens (tertiary/aromatic N) is 2. The SMILES string of the molecule is Nc1ncccc1Cn1ccc(=O)[nH]c1=O. The Labute approximate surface area is 90.4 Å². The minimum absolute atomic E-state index is 0.287. The van der Waals surface area contributed by atoms with E-state index in [0.29, 0.717) is 5.82 Å². The van der Waals surface area contributed by atoms with Crippen LogP contribution < -0.4 is 17.0 Å². The number of nitrogens with two attached hydrogens (primary N) is 1. The standard InChI is InChI=1S/C10H10N4O2/c11-9-7(2-1-4-12-9)6-14-5-3-8(15)13-10(14)16/h1-5H,6H2,(H2,11,12)(H,13,15,16). The van der Waals surface area contributed by atoms with Crippen LogP contribution in [0.4, 0.5) is 5.82 Å². The minimum atomic E-state index is -0.462. The molecule has 0 aliphatic carbocycles. The molecule has 0 amide bonds. The van der Waals surface area contributed by atoms with E-state index in [1.54, 1.807) is 18.3 Å². The van der Waals surface area contributed by atoms with Crippen molar-refractivity contribution in [3.63, 3.8) is 0 Å². The van der Waals surface area contributed by atoms with Crippen molar-refractivity contribution in [1.82, 2.24) is 14.5 Å². The van der Waals surface area contributed by atoms with E-state index in [2.05, 4.69) is 9.97 Å². The van der Waals surface area contributed by atoms with Gasteiger partial charge in [-0.1, -0.05) is 6.07 Å². The summed E-state index contributed by atoms with van der Waals surface area (Å²) in [5.74, 6) is 0.376. The summed E-state index contributed by atoms with van der Waals surface area (Å²) < 4.78 is 1.36. The van der Waals surface area contributed by atoms with Crippen LogP contribution in [0.1, 0.15) is 5.56 Å². The number of pyridine rings is 1. The molecule has 6 nitrogen and oxygen atoms in total. The first-order valence-corrected chi connectivity index (χ1v) is 4.66. The van der Waals surface area contributed by atoms with Crippen molar-refractivity contribution in [2.24, 2.45) is 0 Å². The second kappa shape index (κ2) is 4.01. The van der Waals surface area contributed by atoms with Gasteiger partial charge in [0.15, 0.2) is 0 Å². The number of anilines is 1. The number of aromatic nitrogens is 3. The Morgan fingerprint density at radius 1 is 1.38 bits per heavy atom. The molecule has 0 fully saturated rings. The monoisotopic (exact) mass is 218 g/mol. The highest BCUT2D eigenvalue weighted by Gasteiger charge is 2.02. The molecule has 0 radical (unpaired) electrons. The molecule has 0 aliphatic heterocycles. The lowest BCUT2D eigenvalue weighted by Crippen LogP contribution is -2.29. The van der Waals surface area contributed by atoms with Crippen molar-refractivity contribution >= 4 is 5.82 Å². The van der Waals surface area contributed by atoms with Crippen LogP contribution in [0, 0.1) is 0 Å². The highest BCUT2D eigenvalue weighted by molar-refractivity contribution is 5.38. The molecule has 3 N–H and O–H groups in total. The molecule has 2 aromatic heterocycles. The van der Waals surface area contributed by atoms with Crippen LogP contribution in [-0.2, 0) is 6.54 Å². The predicted molar refractivity (Wildman–Crippen MR) is 59.1 cm³/mol. The number of aromatic amines is 1. The summed E-state index contributed by atoms with van der Waals surface area (Å²) in [5.41, 5.74) is 5.50. The van der Waals surface area contributed by atoms with Gasteiger partial charge in [0.2, 0.25) is 0 Å². The van der Waals surface area contributed by atoms with Gasteiger partial charge in [-0.25, -0.2) is 9.78 Å². The van der Waals surface area contributed by atoms with Crippen LogP contribution >= 0.6 is 0 Å². The van der Waals surface area contributed by atoms with Gasteiger partial charge in [0, 0.05) is 24.0 Å². The van der Waals surface area contributed by atoms with Crippen LogP contribution in [0.5, 0.6) is 0 Å². The van der Waals surface area contributed by atoms with Gasteiger partial charge in [-0.3, -0.25) is 14.3 Å². The third-order valence-electron chi connectivity index (χ3n) is 2.16. The summed E-state index contributed by atoms with van der Waals surface area (Å²) in [6.07, 6.45) is 3.00. The maximum atomic E-state index is 11.4. The largest absolute Gasteiger partial charge is 0.383 e. The topological polar surface area (TPSA) is 93.8 Å².